The lowest BCUT2D eigenvalue weighted by molar-refractivity contribution is -0.139. The number of phenolic OH excluding ortho intramolecular Hbond substituents is 1. The smallest absolute Gasteiger partial charge is 0.326 e. The Bertz CT molecular complexity index is 456. The number of aryl methyl sites for hydroxylation is 1. The molecule has 0 fully saturated rings. The number of benzene rings is 1. The molecule has 0 spiro atoms. The molecule has 0 aliphatic heterocycles. The van der Waals surface area contributed by atoms with Crippen LogP contribution in [0.3, 0.4) is 0 Å². The molecular formula is C13H17NO4. The van der Waals surface area contributed by atoms with E-state index in [9.17, 15) is 14.7 Å². The molecule has 1 rings (SSSR count). The SMILES string of the molecule is CCC[C@H](NC(=O)c1ccc(C)cc1O)C(=O)O. The van der Waals surface area contributed by atoms with E-state index in [-0.39, 0.29) is 11.3 Å². The second kappa shape index (κ2) is 6.05. The van der Waals surface area contributed by atoms with Crippen LogP contribution in [-0.2, 0) is 4.79 Å². The van der Waals surface area contributed by atoms with Crippen molar-refractivity contribution < 1.29 is 19.8 Å². The van der Waals surface area contributed by atoms with E-state index in [1.165, 1.54) is 12.1 Å². The molecule has 98 valence electrons. The third kappa shape index (κ3) is 3.48. The Hall–Kier alpha value is -2.04. The van der Waals surface area contributed by atoms with E-state index in [0.29, 0.717) is 12.8 Å². The summed E-state index contributed by atoms with van der Waals surface area (Å²) in [7, 11) is 0. The van der Waals surface area contributed by atoms with Crippen LogP contribution in [0.2, 0.25) is 0 Å². The Balaban J connectivity index is 2.83. The van der Waals surface area contributed by atoms with Gasteiger partial charge in [0, 0.05) is 0 Å². The number of rotatable bonds is 5. The van der Waals surface area contributed by atoms with E-state index in [1.54, 1.807) is 13.0 Å². The molecule has 0 saturated heterocycles. The molecule has 0 saturated carbocycles. The average Bonchev–Trinajstić information content (AvgIpc) is 2.27. The van der Waals surface area contributed by atoms with Crippen LogP contribution in [0.4, 0.5) is 0 Å². The summed E-state index contributed by atoms with van der Waals surface area (Å²) in [6.07, 6.45) is 1.00. The number of carboxylic acid groups (broad SMARTS) is 1. The van der Waals surface area contributed by atoms with E-state index in [0.717, 1.165) is 5.56 Å². The second-order valence-corrected chi connectivity index (χ2v) is 4.17. The number of aliphatic carboxylic acids is 1. The van der Waals surface area contributed by atoms with E-state index in [1.807, 2.05) is 6.92 Å². The molecule has 3 N–H and O–H groups in total. The summed E-state index contributed by atoms with van der Waals surface area (Å²) in [5.74, 6) is -1.79. The minimum absolute atomic E-state index is 0.0861. The minimum Gasteiger partial charge on any atom is -0.507 e. The Morgan fingerprint density at radius 1 is 1.39 bits per heavy atom. The first-order valence-corrected chi connectivity index (χ1v) is 5.79. The molecule has 0 radical (unpaired) electrons. The van der Waals surface area contributed by atoms with Gasteiger partial charge >= 0.3 is 5.97 Å². The van der Waals surface area contributed by atoms with Gasteiger partial charge in [0.1, 0.15) is 11.8 Å². The number of hydrogen-bond donors (Lipinski definition) is 3. The lowest BCUT2D eigenvalue weighted by Crippen LogP contribution is -2.40. The topological polar surface area (TPSA) is 86.6 Å². The average molecular weight is 251 g/mol. The van der Waals surface area contributed by atoms with Gasteiger partial charge in [-0.2, -0.15) is 0 Å². The molecule has 5 nitrogen and oxygen atoms in total. The predicted molar refractivity (Wildman–Crippen MR) is 66.6 cm³/mol. The molecule has 0 unspecified atom stereocenters. The van der Waals surface area contributed by atoms with Crippen LogP contribution in [0.25, 0.3) is 0 Å². The number of carbonyl (C=O) groups is 2. The van der Waals surface area contributed by atoms with Gasteiger partial charge in [-0.3, -0.25) is 4.79 Å². The van der Waals surface area contributed by atoms with Crippen LogP contribution in [0.1, 0.15) is 35.7 Å². The first-order chi connectivity index (χ1) is 8.45. The molecule has 1 amide bonds. The van der Waals surface area contributed by atoms with E-state index in [2.05, 4.69) is 5.32 Å². The Morgan fingerprint density at radius 2 is 2.06 bits per heavy atom. The summed E-state index contributed by atoms with van der Waals surface area (Å²) in [5.41, 5.74) is 0.912. The van der Waals surface area contributed by atoms with Gasteiger partial charge in [-0.25, -0.2) is 4.79 Å². The van der Waals surface area contributed by atoms with Crippen molar-refractivity contribution in [2.75, 3.05) is 0 Å². The van der Waals surface area contributed by atoms with Gasteiger partial charge in [0.25, 0.3) is 5.91 Å². The summed E-state index contributed by atoms with van der Waals surface area (Å²) >= 11 is 0. The van der Waals surface area contributed by atoms with Crippen molar-refractivity contribution in [3.63, 3.8) is 0 Å². The summed E-state index contributed by atoms with van der Waals surface area (Å²) in [4.78, 5) is 22.8. The standard InChI is InChI=1S/C13H17NO4/c1-3-4-10(13(17)18)14-12(16)9-6-5-8(2)7-11(9)15/h5-7,10,15H,3-4H2,1-2H3,(H,14,16)(H,17,18)/t10-/m0/s1. The monoisotopic (exact) mass is 251 g/mol. The van der Waals surface area contributed by atoms with Crippen LogP contribution in [0.5, 0.6) is 5.75 Å². The summed E-state index contributed by atoms with van der Waals surface area (Å²) in [5, 5.41) is 21.0. The fraction of sp³-hybridized carbons (Fsp3) is 0.385. The zero-order chi connectivity index (χ0) is 13.7. The number of amides is 1. The zero-order valence-electron chi connectivity index (χ0n) is 10.4. The molecule has 5 heteroatoms. The highest BCUT2D eigenvalue weighted by atomic mass is 16.4. The third-order valence-electron chi connectivity index (χ3n) is 2.58. The Kier molecular flexibility index (Phi) is 4.71. The van der Waals surface area contributed by atoms with Gasteiger partial charge in [0.2, 0.25) is 0 Å². The Morgan fingerprint density at radius 3 is 2.56 bits per heavy atom. The molecule has 1 atom stereocenters. The van der Waals surface area contributed by atoms with Crippen molar-refractivity contribution in [3.05, 3.63) is 29.3 Å². The summed E-state index contributed by atoms with van der Waals surface area (Å²) in [6.45, 7) is 3.63. The molecule has 0 aliphatic carbocycles. The molecular weight excluding hydrogens is 234 g/mol. The normalized spacial score (nSPS) is 11.9. The van der Waals surface area contributed by atoms with Gasteiger partial charge in [-0.15, -0.1) is 0 Å². The first-order valence-electron chi connectivity index (χ1n) is 5.79. The number of carboxylic acids is 1. The van der Waals surface area contributed by atoms with Crippen molar-refractivity contribution in [2.45, 2.75) is 32.7 Å². The molecule has 0 aromatic heterocycles. The van der Waals surface area contributed by atoms with Gasteiger partial charge < -0.3 is 15.5 Å². The van der Waals surface area contributed by atoms with Crippen LogP contribution in [0, 0.1) is 6.92 Å². The first kappa shape index (κ1) is 14.0. The van der Waals surface area contributed by atoms with Crippen LogP contribution in [-0.4, -0.2) is 28.1 Å². The molecule has 1 aromatic rings. The zero-order valence-corrected chi connectivity index (χ0v) is 10.4. The highest BCUT2D eigenvalue weighted by Gasteiger charge is 2.21. The molecule has 0 heterocycles. The molecule has 0 aliphatic rings. The van der Waals surface area contributed by atoms with E-state index >= 15 is 0 Å². The van der Waals surface area contributed by atoms with Crippen molar-refractivity contribution in [1.82, 2.24) is 5.32 Å². The number of phenols is 1. The van der Waals surface area contributed by atoms with Crippen molar-refractivity contribution >= 4 is 11.9 Å². The maximum absolute atomic E-state index is 11.8. The fourth-order valence-electron chi connectivity index (χ4n) is 1.62. The quantitative estimate of drug-likeness (QED) is 0.743. The number of hydrogen-bond acceptors (Lipinski definition) is 3. The van der Waals surface area contributed by atoms with Gasteiger partial charge in [0.05, 0.1) is 5.56 Å². The van der Waals surface area contributed by atoms with Gasteiger partial charge in [-0.05, 0) is 31.0 Å². The van der Waals surface area contributed by atoms with E-state index < -0.39 is 17.9 Å². The Labute approximate surface area is 105 Å². The maximum atomic E-state index is 11.8. The highest BCUT2D eigenvalue weighted by Crippen LogP contribution is 2.18. The number of aromatic hydroxyl groups is 1. The third-order valence-corrected chi connectivity index (χ3v) is 2.58. The summed E-state index contributed by atoms with van der Waals surface area (Å²) < 4.78 is 0. The van der Waals surface area contributed by atoms with Gasteiger partial charge in [0.15, 0.2) is 0 Å². The van der Waals surface area contributed by atoms with Crippen molar-refractivity contribution in [2.24, 2.45) is 0 Å². The van der Waals surface area contributed by atoms with Crippen molar-refractivity contribution in [1.29, 1.82) is 0 Å². The lowest BCUT2D eigenvalue weighted by atomic mass is 10.1. The summed E-state index contributed by atoms with van der Waals surface area (Å²) in [6, 6.07) is 3.70. The molecule has 0 bridgehead atoms. The predicted octanol–water partition coefficient (Wildman–Crippen LogP) is 1.68. The minimum atomic E-state index is -1.07. The van der Waals surface area contributed by atoms with Crippen molar-refractivity contribution in [3.8, 4) is 5.75 Å². The largest absolute Gasteiger partial charge is 0.507 e. The second-order valence-electron chi connectivity index (χ2n) is 4.17. The number of carbonyl (C=O) groups excluding carboxylic acids is 1. The molecule has 18 heavy (non-hydrogen) atoms. The van der Waals surface area contributed by atoms with E-state index in [4.69, 9.17) is 5.11 Å². The molecule has 1 aromatic carbocycles. The van der Waals surface area contributed by atoms with Crippen LogP contribution >= 0.6 is 0 Å². The fourth-order valence-corrected chi connectivity index (χ4v) is 1.62. The lowest BCUT2D eigenvalue weighted by Gasteiger charge is -2.14. The maximum Gasteiger partial charge on any atom is 0.326 e. The van der Waals surface area contributed by atoms with Gasteiger partial charge in [-0.1, -0.05) is 19.4 Å². The number of nitrogens with one attached hydrogen (secondary N) is 1. The van der Waals surface area contributed by atoms with Crippen LogP contribution < -0.4 is 5.32 Å². The highest BCUT2D eigenvalue weighted by molar-refractivity contribution is 5.98. The van der Waals surface area contributed by atoms with Crippen LogP contribution in [0.15, 0.2) is 18.2 Å².